The zero-order valence-corrected chi connectivity index (χ0v) is 13.4. The van der Waals surface area contributed by atoms with Gasteiger partial charge in [-0.3, -0.25) is 4.79 Å². The highest BCUT2D eigenvalue weighted by atomic mass is 32.2. The lowest BCUT2D eigenvalue weighted by molar-refractivity contribution is -0.113. The van der Waals surface area contributed by atoms with Crippen LogP contribution in [-0.2, 0) is 11.8 Å². The number of aliphatic imine (C=N–C) groups is 1. The molecule has 4 nitrogen and oxygen atoms in total. The van der Waals surface area contributed by atoms with Crippen molar-refractivity contribution in [3.63, 3.8) is 0 Å². The third-order valence-corrected chi connectivity index (χ3v) is 4.49. The molecule has 3 rings (SSSR count). The average molecular weight is 311 g/mol. The molecule has 22 heavy (non-hydrogen) atoms. The third kappa shape index (κ3) is 2.85. The Morgan fingerprint density at radius 2 is 2.00 bits per heavy atom. The molecule has 0 fully saturated rings. The lowest BCUT2D eigenvalue weighted by Crippen LogP contribution is -2.27. The molecule has 0 saturated carbocycles. The van der Waals surface area contributed by atoms with E-state index in [1.165, 1.54) is 11.8 Å². The fraction of sp³-hybridized carbons (Fsp3) is 0.176. The Morgan fingerprint density at radius 3 is 2.64 bits per heavy atom. The number of amides is 1. The fourth-order valence-corrected chi connectivity index (χ4v) is 3.29. The molecule has 1 aromatic heterocycles. The Hall–Kier alpha value is -2.27. The molecule has 0 radical (unpaired) electrons. The van der Waals surface area contributed by atoms with Crippen molar-refractivity contribution in [3.05, 3.63) is 59.3 Å². The lowest BCUT2D eigenvalue weighted by atomic mass is 10.3. The summed E-state index contributed by atoms with van der Waals surface area (Å²) in [5, 5.41) is 0.735. The van der Waals surface area contributed by atoms with Gasteiger partial charge in [0.2, 0.25) is 0 Å². The quantitative estimate of drug-likeness (QED) is 0.814. The van der Waals surface area contributed by atoms with Crippen LogP contribution in [0.2, 0.25) is 0 Å². The standard InChI is InChI=1S/C17H17N3OS/c1-3-20(13-8-5-4-6-9-13)17-18-16(21)15(22-17)12-14-10-7-11-19(14)2/h4-12H,3H2,1-2H3/b15-12+. The van der Waals surface area contributed by atoms with Crippen LogP contribution in [0.15, 0.2) is 58.6 Å². The summed E-state index contributed by atoms with van der Waals surface area (Å²) in [5.74, 6) is -0.171. The van der Waals surface area contributed by atoms with E-state index in [1.807, 2.05) is 66.4 Å². The summed E-state index contributed by atoms with van der Waals surface area (Å²) < 4.78 is 1.98. The second-order valence-electron chi connectivity index (χ2n) is 4.93. The molecule has 5 heteroatoms. The smallest absolute Gasteiger partial charge is 0.286 e. The molecule has 1 aromatic carbocycles. The van der Waals surface area contributed by atoms with Crippen molar-refractivity contribution >= 4 is 34.6 Å². The molecule has 112 valence electrons. The summed E-state index contributed by atoms with van der Waals surface area (Å²) in [6.45, 7) is 2.82. The average Bonchev–Trinajstić information content (AvgIpc) is 3.09. The molecule has 2 heterocycles. The first-order valence-electron chi connectivity index (χ1n) is 7.15. The second-order valence-corrected chi connectivity index (χ2v) is 5.94. The molecular formula is C17H17N3OS. The number of hydrogen-bond donors (Lipinski definition) is 0. The minimum absolute atomic E-state index is 0.171. The highest BCUT2D eigenvalue weighted by Gasteiger charge is 2.26. The first kappa shape index (κ1) is 14.7. The highest BCUT2D eigenvalue weighted by Crippen LogP contribution is 2.32. The number of benzene rings is 1. The molecule has 1 amide bonds. The van der Waals surface area contributed by atoms with E-state index in [-0.39, 0.29) is 5.91 Å². The van der Waals surface area contributed by atoms with Crippen LogP contribution in [0.3, 0.4) is 0 Å². The first-order chi connectivity index (χ1) is 10.7. The predicted octanol–water partition coefficient (Wildman–Crippen LogP) is 3.52. The van der Waals surface area contributed by atoms with Crippen molar-refractivity contribution in [2.45, 2.75) is 6.92 Å². The van der Waals surface area contributed by atoms with Gasteiger partial charge in [-0.15, -0.1) is 0 Å². The number of aryl methyl sites for hydroxylation is 1. The van der Waals surface area contributed by atoms with Gasteiger partial charge in [-0.25, -0.2) is 0 Å². The van der Waals surface area contributed by atoms with Gasteiger partial charge >= 0.3 is 0 Å². The number of para-hydroxylation sites is 1. The normalized spacial score (nSPS) is 16.2. The Kier molecular flexibility index (Phi) is 4.15. The molecule has 0 saturated heterocycles. The lowest BCUT2D eigenvalue weighted by Gasteiger charge is -2.21. The van der Waals surface area contributed by atoms with Crippen molar-refractivity contribution < 1.29 is 4.79 Å². The topological polar surface area (TPSA) is 37.6 Å². The number of aromatic nitrogens is 1. The van der Waals surface area contributed by atoms with Gasteiger partial charge in [0.15, 0.2) is 5.17 Å². The molecule has 0 bridgehead atoms. The largest absolute Gasteiger partial charge is 0.351 e. The molecule has 1 aliphatic heterocycles. The van der Waals surface area contributed by atoms with Crippen LogP contribution in [0.1, 0.15) is 12.6 Å². The van der Waals surface area contributed by atoms with Gasteiger partial charge in [0, 0.05) is 31.2 Å². The molecule has 0 spiro atoms. The Balaban J connectivity index is 1.86. The van der Waals surface area contributed by atoms with Crippen LogP contribution < -0.4 is 4.90 Å². The summed E-state index contributed by atoms with van der Waals surface area (Å²) in [6, 6.07) is 13.9. The minimum Gasteiger partial charge on any atom is -0.351 e. The molecule has 0 aliphatic carbocycles. The molecule has 0 N–H and O–H groups in total. The predicted molar refractivity (Wildman–Crippen MR) is 92.9 cm³/mol. The van der Waals surface area contributed by atoms with Gasteiger partial charge in [-0.1, -0.05) is 18.2 Å². The molecule has 0 unspecified atom stereocenters. The van der Waals surface area contributed by atoms with Gasteiger partial charge in [0.05, 0.1) is 4.91 Å². The molecular weight excluding hydrogens is 294 g/mol. The number of thioether (sulfide) groups is 1. The summed E-state index contributed by atoms with van der Waals surface area (Å²) >= 11 is 1.43. The van der Waals surface area contributed by atoms with Crippen LogP contribution in [-0.4, -0.2) is 22.2 Å². The number of anilines is 1. The Bertz CT molecular complexity index is 746. The van der Waals surface area contributed by atoms with E-state index in [1.54, 1.807) is 0 Å². The van der Waals surface area contributed by atoms with Crippen LogP contribution in [0.5, 0.6) is 0 Å². The summed E-state index contributed by atoms with van der Waals surface area (Å²) in [4.78, 5) is 19.1. The summed E-state index contributed by atoms with van der Waals surface area (Å²) in [6.07, 6.45) is 3.85. The molecule has 1 aliphatic rings. The fourth-order valence-electron chi connectivity index (χ4n) is 2.31. The van der Waals surface area contributed by atoms with Gasteiger partial charge in [0.25, 0.3) is 5.91 Å². The number of hydrogen-bond acceptors (Lipinski definition) is 3. The van der Waals surface area contributed by atoms with E-state index >= 15 is 0 Å². The maximum atomic E-state index is 12.2. The molecule has 0 atom stereocenters. The summed E-state index contributed by atoms with van der Waals surface area (Å²) in [7, 11) is 1.96. The van der Waals surface area contributed by atoms with E-state index in [9.17, 15) is 4.79 Å². The summed E-state index contributed by atoms with van der Waals surface area (Å²) in [5.41, 5.74) is 2.04. The van der Waals surface area contributed by atoms with E-state index in [2.05, 4.69) is 16.8 Å². The first-order valence-corrected chi connectivity index (χ1v) is 7.97. The number of amidine groups is 1. The van der Waals surface area contributed by atoms with Gasteiger partial charge < -0.3 is 9.47 Å². The number of carbonyl (C=O) groups is 1. The Morgan fingerprint density at radius 1 is 1.23 bits per heavy atom. The van der Waals surface area contributed by atoms with Gasteiger partial charge in [-0.2, -0.15) is 4.99 Å². The van der Waals surface area contributed by atoms with Crippen LogP contribution in [0.4, 0.5) is 5.69 Å². The Labute approximate surface area is 134 Å². The zero-order chi connectivity index (χ0) is 15.5. The molecule has 2 aromatic rings. The van der Waals surface area contributed by atoms with E-state index in [0.29, 0.717) is 4.91 Å². The van der Waals surface area contributed by atoms with E-state index < -0.39 is 0 Å². The SMILES string of the molecule is CCN(C1=NC(=O)/C(=C\c2cccn2C)S1)c1ccccc1. The van der Waals surface area contributed by atoms with Crippen molar-refractivity contribution in [1.82, 2.24) is 4.57 Å². The number of carbonyl (C=O) groups excluding carboxylic acids is 1. The minimum atomic E-state index is -0.171. The zero-order valence-electron chi connectivity index (χ0n) is 12.6. The van der Waals surface area contributed by atoms with Crippen molar-refractivity contribution in [3.8, 4) is 0 Å². The van der Waals surface area contributed by atoms with Crippen LogP contribution in [0.25, 0.3) is 6.08 Å². The van der Waals surface area contributed by atoms with Crippen molar-refractivity contribution in [2.75, 3.05) is 11.4 Å². The van der Waals surface area contributed by atoms with Crippen molar-refractivity contribution in [1.29, 1.82) is 0 Å². The third-order valence-electron chi connectivity index (χ3n) is 3.49. The van der Waals surface area contributed by atoms with Crippen LogP contribution >= 0.6 is 11.8 Å². The number of nitrogens with zero attached hydrogens (tertiary/aromatic N) is 3. The maximum Gasteiger partial charge on any atom is 0.286 e. The number of rotatable bonds is 3. The monoisotopic (exact) mass is 311 g/mol. The van der Waals surface area contributed by atoms with E-state index in [0.717, 1.165) is 23.1 Å². The van der Waals surface area contributed by atoms with Crippen molar-refractivity contribution in [2.24, 2.45) is 12.0 Å². The van der Waals surface area contributed by atoms with Gasteiger partial charge in [-0.05, 0) is 49.0 Å². The second kappa shape index (κ2) is 6.23. The van der Waals surface area contributed by atoms with Gasteiger partial charge in [0.1, 0.15) is 0 Å². The maximum absolute atomic E-state index is 12.2. The highest BCUT2D eigenvalue weighted by molar-refractivity contribution is 8.18. The van der Waals surface area contributed by atoms with E-state index in [4.69, 9.17) is 0 Å². The van der Waals surface area contributed by atoms with Crippen LogP contribution in [0, 0.1) is 0 Å².